The molecule has 0 N–H and O–H groups in total. The van der Waals surface area contributed by atoms with E-state index in [4.69, 9.17) is 9.47 Å². The van der Waals surface area contributed by atoms with Gasteiger partial charge in [-0.25, -0.2) is 0 Å². The minimum atomic E-state index is -0.119. The SMILES string of the molecule is CCC(=O)OCCCc1cccc2c1CCO2. The van der Waals surface area contributed by atoms with Crippen molar-refractivity contribution in [3.05, 3.63) is 29.3 Å². The van der Waals surface area contributed by atoms with Crippen molar-refractivity contribution in [1.82, 2.24) is 0 Å². The van der Waals surface area contributed by atoms with E-state index < -0.39 is 0 Å². The van der Waals surface area contributed by atoms with E-state index in [0.717, 1.165) is 31.6 Å². The lowest BCUT2D eigenvalue weighted by Crippen LogP contribution is -2.05. The molecule has 0 aliphatic carbocycles. The van der Waals surface area contributed by atoms with Gasteiger partial charge in [0, 0.05) is 18.4 Å². The fraction of sp³-hybridized carbons (Fsp3) is 0.500. The van der Waals surface area contributed by atoms with Crippen LogP contribution in [0.2, 0.25) is 0 Å². The third kappa shape index (κ3) is 2.99. The summed E-state index contributed by atoms with van der Waals surface area (Å²) in [6, 6.07) is 6.18. The van der Waals surface area contributed by atoms with Crippen LogP contribution >= 0.6 is 0 Å². The first-order valence-corrected chi connectivity index (χ1v) is 6.20. The largest absolute Gasteiger partial charge is 0.493 e. The Balaban J connectivity index is 1.83. The molecule has 92 valence electrons. The topological polar surface area (TPSA) is 35.5 Å². The first-order chi connectivity index (χ1) is 8.31. The highest BCUT2D eigenvalue weighted by Gasteiger charge is 2.15. The molecule has 0 unspecified atom stereocenters. The minimum Gasteiger partial charge on any atom is -0.493 e. The summed E-state index contributed by atoms with van der Waals surface area (Å²) in [4.78, 5) is 11.0. The molecule has 1 aromatic carbocycles. The summed E-state index contributed by atoms with van der Waals surface area (Å²) in [6.07, 6.45) is 3.28. The van der Waals surface area contributed by atoms with Crippen LogP contribution in [0.25, 0.3) is 0 Å². The predicted molar refractivity (Wildman–Crippen MR) is 65.2 cm³/mol. The Morgan fingerprint density at radius 1 is 1.47 bits per heavy atom. The van der Waals surface area contributed by atoms with Gasteiger partial charge < -0.3 is 9.47 Å². The molecule has 0 spiro atoms. The molecule has 0 fully saturated rings. The van der Waals surface area contributed by atoms with E-state index in [0.29, 0.717) is 13.0 Å². The summed E-state index contributed by atoms with van der Waals surface area (Å²) in [5.74, 6) is 0.902. The number of hydrogen-bond donors (Lipinski definition) is 0. The molecule has 0 saturated heterocycles. The minimum absolute atomic E-state index is 0.119. The number of esters is 1. The van der Waals surface area contributed by atoms with Gasteiger partial charge in [0.1, 0.15) is 5.75 Å². The lowest BCUT2D eigenvalue weighted by molar-refractivity contribution is -0.143. The van der Waals surface area contributed by atoms with E-state index in [2.05, 4.69) is 6.07 Å². The van der Waals surface area contributed by atoms with Gasteiger partial charge in [0.2, 0.25) is 0 Å². The second-order valence-corrected chi connectivity index (χ2v) is 4.17. The van der Waals surface area contributed by atoms with Crippen LogP contribution in [-0.4, -0.2) is 19.2 Å². The quantitative estimate of drug-likeness (QED) is 0.580. The lowest BCUT2D eigenvalue weighted by atomic mass is 10.0. The first kappa shape index (κ1) is 12.0. The van der Waals surface area contributed by atoms with Gasteiger partial charge in [-0.1, -0.05) is 19.1 Å². The van der Waals surface area contributed by atoms with Crippen molar-refractivity contribution >= 4 is 5.97 Å². The summed E-state index contributed by atoms with van der Waals surface area (Å²) < 4.78 is 10.6. The predicted octanol–water partition coefficient (Wildman–Crippen LogP) is 2.51. The molecule has 3 heteroatoms. The van der Waals surface area contributed by atoms with Crippen molar-refractivity contribution in [3.63, 3.8) is 0 Å². The van der Waals surface area contributed by atoms with Crippen LogP contribution in [0.3, 0.4) is 0 Å². The lowest BCUT2D eigenvalue weighted by Gasteiger charge is -2.07. The third-order valence-corrected chi connectivity index (χ3v) is 2.98. The van der Waals surface area contributed by atoms with Gasteiger partial charge in [-0.15, -0.1) is 0 Å². The monoisotopic (exact) mass is 234 g/mol. The van der Waals surface area contributed by atoms with Crippen LogP contribution in [-0.2, 0) is 22.4 Å². The summed E-state index contributed by atoms with van der Waals surface area (Å²) in [5, 5.41) is 0. The maximum Gasteiger partial charge on any atom is 0.305 e. The summed E-state index contributed by atoms with van der Waals surface area (Å²) in [7, 11) is 0. The van der Waals surface area contributed by atoms with Gasteiger partial charge in [-0.05, 0) is 24.5 Å². The van der Waals surface area contributed by atoms with Crippen molar-refractivity contribution < 1.29 is 14.3 Å². The summed E-state index contributed by atoms with van der Waals surface area (Å²) in [5.41, 5.74) is 2.65. The van der Waals surface area contributed by atoms with Crippen LogP contribution < -0.4 is 4.74 Å². The molecule has 1 aromatic rings. The van der Waals surface area contributed by atoms with Crippen molar-refractivity contribution in [2.45, 2.75) is 32.6 Å². The van der Waals surface area contributed by atoms with Crippen molar-refractivity contribution in [2.24, 2.45) is 0 Å². The van der Waals surface area contributed by atoms with Crippen LogP contribution in [0, 0.1) is 0 Å². The highest BCUT2D eigenvalue weighted by Crippen LogP contribution is 2.28. The number of benzene rings is 1. The van der Waals surface area contributed by atoms with Gasteiger partial charge in [0.25, 0.3) is 0 Å². The number of fused-ring (bicyclic) bond motifs is 1. The first-order valence-electron chi connectivity index (χ1n) is 6.20. The Morgan fingerprint density at radius 2 is 2.35 bits per heavy atom. The van der Waals surface area contributed by atoms with Crippen LogP contribution in [0.5, 0.6) is 5.75 Å². The van der Waals surface area contributed by atoms with Crippen LogP contribution in [0.4, 0.5) is 0 Å². The van der Waals surface area contributed by atoms with Crippen molar-refractivity contribution in [2.75, 3.05) is 13.2 Å². The Bertz CT molecular complexity index is 398. The zero-order chi connectivity index (χ0) is 12.1. The summed E-state index contributed by atoms with van der Waals surface area (Å²) in [6.45, 7) is 3.11. The average molecular weight is 234 g/mol. The maximum atomic E-state index is 11.0. The number of carbonyl (C=O) groups excluding carboxylic acids is 1. The van der Waals surface area contributed by atoms with Gasteiger partial charge in [-0.3, -0.25) is 4.79 Å². The van der Waals surface area contributed by atoms with Gasteiger partial charge in [0.05, 0.1) is 13.2 Å². The molecule has 0 amide bonds. The molecule has 3 nitrogen and oxygen atoms in total. The van der Waals surface area contributed by atoms with E-state index >= 15 is 0 Å². The molecule has 1 heterocycles. The van der Waals surface area contributed by atoms with Gasteiger partial charge in [0.15, 0.2) is 0 Å². The number of hydrogen-bond acceptors (Lipinski definition) is 3. The zero-order valence-electron chi connectivity index (χ0n) is 10.2. The number of aryl methyl sites for hydroxylation is 1. The Labute approximate surface area is 102 Å². The van der Waals surface area contributed by atoms with Gasteiger partial charge >= 0.3 is 5.97 Å². The molecule has 0 aromatic heterocycles. The third-order valence-electron chi connectivity index (χ3n) is 2.98. The smallest absolute Gasteiger partial charge is 0.305 e. The molecule has 1 aliphatic rings. The molecule has 0 saturated carbocycles. The molecule has 0 bridgehead atoms. The average Bonchev–Trinajstić information content (AvgIpc) is 2.83. The fourth-order valence-corrected chi connectivity index (χ4v) is 2.08. The van der Waals surface area contributed by atoms with Crippen LogP contribution in [0.1, 0.15) is 30.9 Å². The highest BCUT2D eigenvalue weighted by molar-refractivity contribution is 5.68. The van der Waals surface area contributed by atoms with E-state index in [1.165, 1.54) is 11.1 Å². The van der Waals surface area contributed by atoms with Crippen LogP contribution in [0.15, 0.2) is 18.2 Å². The van der Waals surface area contributed by atoms with E-state index in [9.17, 15) is 4.79 Å². The van der Waals surface area contributed by atoms with Gasteiger partial charge in [-0.2, -0.15) is 0 Å². The molecule has 1 aliphatic heterocycles. The molecule has 0 atom stereocenters. The normalized spacial score (nSPS) is 13.0. The van der Waals surface area contributed by atoms with Crippen molar-refractivity contribution in [3.8, 4) is 5.75 Å². The number of rotatable bonds is 5. The Kier molecular flexibility index (Phi) is 4.02. The molecule has 2 rings (SSSR count). The number of ether oxygens (including phenoxy) is 2. The molecular formula is C14H18O3. The second kappa shape index (κ2) is 5.71. The number of carbonyl (C=O) groups is 1. The molecular weight excluding hydrogens is 216 g/mol. The Hall–Kier alpha value is -1.51. The van der Waals surface area contributed by atoms with E-state index in [-0.39, 0.29) is 5.97 Å². The Morgan fingerprint density at radius 3 is 3.18 bits per heavy atom. The van der Waals surface area contributed by atoms with E-state index in [1.54, 1.807) is 0 Å². The summed E-state index contributed by atoms with van der Waals surface area (Å²) >= 11 is 0. The second-order valence-electron chi connectivity index (χ2n) is 4.17. The zero-order valence-corrected chi connectivity index (χ0v) is 10.2. The standard InChI is InChI=1S/C14H18O3/c1-2-14(15)17-9-4-6-11-5-3-7-13-12(11)8-10-16-13/h3,5,7H,2,4,6,8-10H2,1H3. The fourth-order valence-electron chi connectivity index (χ4n) is 2.08. The maximum absolute atomic E-state index is 11.0. The molecule has 0 radical (unpaired) electrons. The molecule has 17 heavy (non-hydrogen) atoms. The van der Waals surface area contributed by atoms with Crippen molar-refractivity contribution in [1.29, 1.82) is 0 Å². The highest BCUT2D eigenvalue weighted by atomic mass is 16.5. The van der Waals surface area contributed by atoms with E-state index in [1.807, 2.05) is 19.1 Å².